The fourth-order valence-corrected chi connectivity index (χ4v) is 5.47. The number of nitrogens with zero attached hydrogens (tertiary/aromatic N) is 1. The molecule has 2 spiro atoms. The van der Waals surface area contributed by atoms with Crippen LogP contribution in [0.5, 0.6) is 0 Å². The highest BCUT2D eigenvalue weighted by Gasteiger charge is 2.68. The minimum atomic E-state index is -0.922. The molecule has 2 aliphatic carbocycles. The Kier molecular flexibility index (Phi) is 3.95. The van der Waals surface area contributed by atoms with Crippen LogP contribution in [0.1, 0.15) is 50.7 Å². The van der Waals surface area contributed by atoms with E-state index in [0.29, 0.717) is 0 Å². The number of ether oxygens (including phenoxy) is 1. The first-order chi connectivity index (χ1) is 12.3. The van der Waals surface area contributed by atoms with Crippen LogP contribution in [0.15, 0.2) is 18.2 Å². The molecule has 2 fully saturated rings. The largest absolute Gasteiger partial charge is 0.381 e. The molecule has 1 atom stereocenters. The van der Waals surface area contributed by atoms with Gasteiger partial charge < -0.3 is 10.1 Å². The summed E-state index contributed by atoms with van der Waals surface area (Å²) in [5.41, 5.74) is 2.15. The van der Waals surface area contributed by atoms with Crippen molar-refractivity contribution in [1.82, 2.24) is 10.2 Å². The maximum atomic E-state index is 13.7. The number of methoxy groups -OCH3 is 1. The zero-order valence-corrected chi connectivity index (χ0v) is 16.1. The molecule has 1 N–H and O–H groups in total. The van der Waals surface area contributed by atoms with Crippen LogP contribution in [-0.4, -0.2) is 43.9 Å². The Balaban J connectivity index is 1.87. The van der Waals surface area contributed by atoms with Crippen LogP contribution in [0.3, 0.4) is 0 Å². The standard InChI is InChI=1S/C20H27BN2O3/c1-12(2)23-17(24)20(22-18(23)25)16-10-14(21)5-4-13(16)11-19(20)8-6-15(26-3)7-9-19/h4-5,10,12,15H,6-9,11,21H2,1-3H3,(H,22,25). The number of carbonyl (C=O) groups is 2. The molecule has 26 heavy (non-hydrogen) atoms. The quantitative estimate of drug-likeness (QED) is 0.642. The molecule has 0 aromatic heterocycles. The lowest BCUT2D eigenvalue weighted by atomic mass is 9.61. The second kappa shape index (κ2) is 5.84. The molecule has 0 bridgehead atoms. The highest BCUT2D eigenvalue weighted by molar-refractivity contribution is 6.32. The summed E-state index contributed by atoms with van der Waals surface area (Å²) in [5.74, 6) is -0.0716. The van der Waals surface area contributed by atoms with Crippen LogP contribution >= 0.6 is 0 Å². The average molecular weight is 354 g/mol. The Morgan fingerprint density at radius 1 is 1.27 bits per heavy atom. The van der Waals surface area contributed by atoms with E-state index in [-0.39, 0.29) is 29.5 Å². The summed E-state index contributed by atoms with van der Waals surface area (Å²) in [6.07, 6.45) is 4.72. The molecular weight excluding hydrogens is 327 g/mol. The number of hydrogen-bond donors (Lipinski definition) is 1. The predicted octanol–water partition coefficient (Wildman–Crippen LogP) is 1.23. The molecule has 1 saturated carbocycles. The van der Waals surface area contributed by atoms with E-state index in [1.165, 1.54) is 10.5 Å². The van der Waals surface area contributed by atoms with Gasteiger partial charge in [-0.05, 0) is 57.1 Å². The minimum Gasteiger partial charge on any atom is -0.381 e. The zero-order chi connectivity index (χ0) is 18.7. The SMILES string of the molecule is Bc1ccc2c(c1)C1(NC(=O)N(C(C)C)C1=O)C1(CCC(OC)CC1)C2. The smallest absolute Gasteiger partial charge is 0.325 e. The lowest BCUT2D eigenvalue weighted by Crippen LogP contribution is -2.57. The van der Waals surface area contributed by atoms with E-state index < -0.39 is 5.54 Å². The van der Waals surface area contributed by atoms with Crippen LogP contribution < -0.4 is 10.8 Å². The lowest BCUT2D eigenvalue weighted by Gasteiger charge is -2.46. The van der Waals surface area contributed by atoms with Crippen molar-refractivity contribution in [3.8, 4) is 0 Å². The van der Waals surface area contributed by atoms with Gasteiger partial charge in [0.05, 0.1) is 6.10 Å². The second-order valence-corrected chi connectivity index (χ2v) is 8.50. The van der Waals surface area contributed by atoms with Crippen molar-refractivity contribution in [2.45, 2.75) is 63.6 Å². The normalized spacial score (nSPS) is 33.4. The maximum absolute atomic E-state index is 13.7. The number of rotatable bonds is 2. The van der Waals surface area contributed by atoms with Crippen molar-refractivity contribution in [3.05, 3.63) is 29.3 Å². The van der Waals surface area contributed by atoms with Gasteiger partial charge in [0.1, 0.15) is 7.85 Å². The fraction of sp³-hybridized carbons (Fsp3) is 0.600. The predicted molar refractivity (Wildman–Crippen MR) is 102 cm³/mol. The summed E-state index contributed by atoms with van der Waals surface area (Å²) in [6.45, 7) is 3.80. The van der Waals surface area contributed by atoms with Crippen LogP contribution in [0, 0.1) is 5.41 Å². The van der Waals surface area contributed by atoms with Crippen LogP contribution in [0.4, 0.5) is 4.79 Å². The van der Waals surface area contributed by atoms with Gasteiger partial charge in [0.2, 0.25) is 0 Å². The van der Waals surface area contributed by atoms with E-state index in [0.717, 1.165) is 43.1 Å². The zero-order valence-electron chi connectivity index (χ0n) is 16.1. The first-order valence-corrected chi connectivity index (χ1v) is 9.63. The third-order valence-corrected chi connectivity index (χ3v) is 6.79. The summed E-state index contributed by atoms with van der Waals surface area (Å²) in [4.78, 5) is 27.9. The van der Waals surface area contributed by atoms with E-state index in [2.05, 4.69) is 23.5 Å². The number of nitrogens with one attached hydrogen (secondary N) is 1. The molecule has 6 heteroatoms. The van der Waals surface area contributed by atoms with Gasteiger partial charge >= 0.3 is 6.03 Å². The highest BCUT2D eigenvalue weighted by Crippen LogP contribution is 2.59. The van der Waals surface area contributed by atoms with E-state index in [1.54, 1.807) is 7.11 Å². The molecule has 1 aliphatic heterocycles. The number of hydrogen-bond acceptors (Lipinski definition) is 3. The topological polar surface area (TPSA) is 58.6 Å². The van der Waals surface area contributed by atoms with Crippen molar-refractivity contribution >= 4 is 25.2 Å². The summed E-state index contributed by atoms with van der Waals surface area (Å²) < 4.78 is 5.57. The van der Waals surface area contributed by atoms with E-state index >= 15 is 0 Å². The van der Waals surface area contributed by atoms with Gasteiger partial charge in [-0.2, -0.15) is 0 Å². The first-order valence-electron chi connectivity index (χ1n) is 9.63. The molecule has 1 aromatic rings. The Labute approximate surface area is 155 Å². The molecule has 3 aliphatic rings. The lowest BCUT2D eigenvalue weighted by molar-refractivity contribution is -0.139. The van der Waals surface area contributed by atoms with E-state index in [4.69, 9.17) is 4.74 Å². The fourth-order valence-electron chi connectivity index (χ4n) is 5.47. The van der Waals surface area contributed by atoms with Crippen molar-refractivity contribution < 1.29 is 14.3 Å². The van der Waals surface area contributed by atoms with Crippen molar-refractivity contribution in [1.29, 1.82) is 0 Å². The second-order valence-electron chi connectivity index (χ2n) is 8.50. The van der Waals surface area contributed by atoms with Gasteiger partial charge in [0, 0.05) is 18.6 Å². The average Bonchev–Trinajstić information content (AvgIpc) is 3.02. The number of amides is 3. The monoisotopic (exact) mass is 354 g/mol. The molecule has 138 valence electrons. The Morgan fingerprint density at radius 3 is 2.54 bits per heavy atom. The summed E-state index contributed by atoms with van der Waals surface area (Å²) in [5, 5.41) is 3.18. The number of fused-ring (bicyclic) bond motifs is 3. The van der Waals surface area contributed by atoms with Gasteiger partial charge in [-0.15, -0.1) is 0 Å². The molecule has 4 rings (SSSR count). The minimum absolute atomic E-state index is 0.0716. The summed E-state index contributed by atoms with van der Waals surface area (Å²) >= 11 is 0. The van der Waals surface area contributed by atoms with Crippen molar-refractivity contribution in [2.24, 2.45) is 5.41 Å². The Hall–Kier alpha value is -1.82. The number of urea groups is 1. The summed E-state index contributed by atoms with van der Waals surface area (Å²) in [6, 6.07) is 5.94. The number of benzene rings is 1. The molecule has 5 nitrogen and oxygen atoms in total. The first kappa shape index (κ1) is 17.6. The molecule has 1 unspecified atom stereocenters. The van der Waals surface area contributed by atoms with Crippen LogP contribution in [0.2, 0.25) is 0 Å². The third-order valence-electron chi connectivity index (χ3n) is 6.79. The molecule has 1 heterocycles. The van der Waals surface area contributed by atoms with E-state index in [1.807, 2.05) is 21.7 Å². The van der Waals surface area contributed by atoms with Gasteiger partial charge in [0.25, 0.3) is 5.91 Å². The van der Waals surface area contributed by atoms with Crippen LogP contribution in [0.25, 0.3) is 0 Å². The van der Waals surface area contributed by atoms with Crippen molar-refractivity contribution in [3.63, 3.8) is 0 Å². The van der Waals surface area contributed by atoms with Gasteiger partial charge in [-0.1, -0.05) is 23.7 Å². The molecule has 0 radical (unpaired) electrons. The summed E-state index contributed by atoms with van der Waals surface area (Å²) in [7, 11) is 3.80. The third kappa shape index (κ3) is 2.14. The van der Waals surface area contributed by atoms with Crippen LogP contribution in [-0.2, 0) is 21.5 Å². The van der Waals surface area contributed by atoms with Crippen molar-refractivity contribution in [2.75, 3.05) is 7.11 Å². The Morgan fingerprint density at radius 2 is 1.96 bits per heavy atom. The number of imide groups is 1. The van der Waals surface area contributed by atoms with Gasteiger partial charge in [0.15, 0.2) is 5.54 Å². The van der Waals surface area contributed by atoms with E-state index in [9.17, 15) is 9.59 Å². The molecule has 1 aromatic carbocycles. The molecule has 3 amide bonds. The molecule has 1 saturated heterocycles. The maximum Gasteiger partial charge on any atom is 0.325 e. The van der Waals surface area contributed by atoms with Gasteiger partial charge in [-0.25, -0.2) is 4.79 Å². The Bertz CT molecular complexity index is 770. The highest BCUT2D eigenvalue weighted by atomic mass is 16.5. The number of carbonyl (C=O) groups excluding carboxylic acids is 2. The van der Waals surface area contributed by atoms with Gasteiger partial charge in [-0.3, -0.25) is 9.69 Å². The molecular formula is C20H27BN2O3.